The number of anilines is 2. The van der Waals surface area contributed by atoms with E-state index in [0.717, 1.165) is 5.92 Å². The van der Waals surface area contributed by atoms with Gasteiger partial charge in [-0.25, -0.2) is 4.68 Å². The number of nitrogens with zero attached hydrogens (tertiary/aromatic N) is 3. The minimum Gasteiger partial charge on any atom is -0.368 e. The van der Waals surface area contributed by atoms with Gasteiger partial charge in [0.15, 0.2) is 0 Å². The van der Waals surface area contributed by atoms with E-state index in [-0.39, 0.29) is 0 Å². The van der Waals surface area contributed by atoms with E-state index in [1.165, 1.54) is 12.8 Å². The van der Waals surface area contributed by atoms with Crippen molar-refractivity contribution in [3.05, 3.63) is 0 Å². The van der Waals surface area contributed by atoms with Gasteiger partial charge in [0.1, 0.15) is 0 Å². The summed E-state index contributed by atoms with van der Waals surface area (Å²) >= 11 is 0. The monoisotopic (exact) mass is 209 g/mol. The van der Waals surface area contributed by atoms with E-state index in [2.05, 4.69) is 36.2 Å². The largest absolute Gasteiger partial charge is 0.368 e. The number of nitrogens with two attached hydrogens (primary N) is 1. The third-order valence-electron chi connectivity index (χ3n) is 2.77. The Morgan fingerprint density at radius 2 is 2.07 bits per heavy atom. The molecule has 1 unspecified atom stereocenters. The fraction of sp³-hybridized carbons (Fsp3) is 0.800. The summed E-state index contributed by atoms with van der Waals surface area (Å²) < 4.78 is 1.84. The first-order valence-corrected chi connectivity index (χ1v) is 5.56. The SMILES string of the molecule is CC(C)Nc1nc(N)n(C(C)C2CC2)n1. The van der Waals surface area contributed by atoms with Crippen LogP contribution in [0.3, 0.4) is 0 Å². The van der Waals surface area contributed by atoms with Crippen LogP contribution in [0.4, 0.5) is 11.9 Å². The lowest BCUT2D eigenvalue weighted by Crippen LogP contribution is -2.13. The Labute approximate surface area is 90.1 Å². The summed E-state index contributed by atoms with van der Waals surface area (Å²) in [5.74, 6) is 1.88. The molecule has 0 saturated heterocycles. The Balaban J connectivity index is 2.13. The Hall–Kier alpha value is -1.26. The highest BCUT2D eigenvalue weighted by molar-refractivity contribution is 5.32. The standard InChI is InChI=1S/C10H19N5/c1-6(2)12-10-13-9(11)15(14-10)7(3)8-4-5-8/h6-8H,4-5H2,1-3H3,(H3,11,12,13,14). The first-order chi connectivity index (χ1) is 7.08. The summed E-state index contributed by atoms with van der Waals surface area (Å²) in [4.78, 5) is 4.20. The summed E-state index contributed by atoms with van der Waals surface area (Å²) in [5.41, 5.74) is 5.83. The quantitative estimate of drug-likeness (QED) is 0.791. The number of hydrogen-bond donors (Lipinski definition) is 2. The van der Waals surface area contributed by atoms with Crippen LogP contribution in [-0.2, 0) is 0 Å². The Morgan fingerprint density at radius 1 is 1.40 bits per heavy atom. The van der Waals surface area contributed by atoms with Crippen molar-refractivity contribution in [3.8, 4) is 0 Å². The van der Waals surface area contributed by atoms with Crippen LogP contribution in [-0.4, -0.2) is 20.8 Å². The molecular weight excluding hydrogens is 190 g/mol. The van der Waals surface area contributed by atoms with Crippen molar-refractivity contribution in [2.24, 2.45) is 5.92 Å². The molecule has 5 nitrogen and oxygen atoms in total. The minimum absolute atomic E-state index is 0.330. The van der Waals surface area contributed by atoms with Crippen LogP contribution in [0.15, 0.2) is 0 Å². The average molecular weight is 209 g/mol. The predicted molar refractivity (Wildman–Crippen MR) is 60.6 cm³/mol. The molecule has 1 aromatic rings. The molecule has 15 heavy (non-hydrogen) atoms. The first kappa shape index (κ1) is 10.3. The molecule has 1 aliphatic rings. The van der Waals surface area contributed by atoms with Crippen molar-refractivity contribution in [2.45, 2.75) is 45.7 Å². The van der Waals surface area contributed by atoms with E-state index in [1.807, 2.05) is 4.68 Å². The fourth-order valence-electron chi connectivity index (χ4n) is 1.73. The lowest BCUT2D eigenvalue weighted by atomic mass is 10.2. The highest BCUT2D eigenvalue weighted by Gasteiger charge is 2.31. The van der Waals surface area contributed by atoms with Crippen molar-refractivity contribution < 1.29 is 0 Å². The Kier molecular flexibility index (Phi) is 2.54. The molecule has 1 aliphatic carbocycles. The zero-order chi connectivity index (χ0) is 11.0. The van der Waals surface area contributed by atoms with Crippen molar-refractivity contribution >= 4 is 11.9 Å². The number of nitrogen functional groups attached to an aromatic ring is 1. The van der Waals surface area contributed by atoms with Crippen LogP contribution in [0.2, 0.25) is 0 Å². The van der Waals surface area contributed by atoms with Gasteiger partial charge in [0, 0.05) is 6.04 Å². The lowest BCUT2D eigenvalue weighted by molar-refractivity contribution is 0.446. The van der Waals surface area contributed by atoms with E-state index in [9.17, 15) is 0 Å². The highest BCUT2D eigenvalue weighted by atomic mass is 15.4. The van der Waals surface area contributed by atoms with Crippen LogP contribution in [0.5, 0.6) is 0 Å². The molecule has 1 heterocycles. The molecule has 0 bridgehead atoms. The molecule has 0 radical (unpaired) electrons. The second-order valence-corrected chi connectivity index (χ2v) is 4.62. The summed E-state index contributed by atoms with van der Waals surface area (Å²) in [6, 6.07) is 0.705. The third-order valence-corrected chi connectivity index (χ3v) is 2.77. The van der Waals surface area contributed by atoms with E-state index in [1.54, 1.807) is 0 Å². The van der Waals surface area contributed by atoms with Gasteiger partial charge in [-0.2, -0.15) is 4.98 Å². The molecular formula is C10H19N5. The molecule has 0 spiro atoms. The van der Waals surface area contributed by atoms with Crippen LogP contribution in [0.25, 0.3) is 0 Å². The van der Waals surface area contributed by atoms with Gasteiger partial charge in [0.2, 0.25) is 11.9 Å². The van der Waals surface area contributed by atoms with Gasteiger partial charge in [-0.1, -0.05) is 0 Å². The van der Waals surface area contributed by atoms with Crippen LogP contribution in [0.1, 0.15) is 39.7 Å². The average Bonchev–Trinajstić information content (AvgIpc) is 2.90. The predicted octanol–water partition coefficient (Wildman–Crippen LogP) is 1.65. The van der Waals surface area contributed by atoms with Crippen molar-refractivity contribution in [2.75, 3.05) is 11.1 Å². The number of rotatable bonds is 4. The van der Waals surface area contributed by atoms with Gasteiger partial charge in [-0.05, 0) is 39.5 Å². The zero-order valence-electron chi connectivity index (χ0n) is 9.57. The molecule has 0 aromatic carbocycles. The molecule has 1 aromatic heterocycles. The maximum Gasteiger partial charge on any atom is 0.244 e. The topological polar surface area (TPSA) is 68.8 Å². The van der Waals surface area contributed by atoms with Gasteiger partial charge in [0.25, 0.3) is 0 Å². The minimum atomic E-state index is 0.330. The number of nitrogens with one attached hydrogen (secondary N) is 1. The van der Waals surface area contributed by atoms with Gasteiger partial charge in [-0.3, -0.25) is 0 Å². The Bertz CT molecular complexity index is 340. The first-order valence-electron chi connectivity index (χ1n) is 5.56. The zero-order valence-corrected chi connectivity index (χ0v) is 9.57. The normalized spacial score (nSPS) is 18.1. The Morgan fingerprint density at radius 3 is 2.60 bits per heavy atom. The molecule has 2 rings (SSSR count). The van der Waals surface area contributed by atoms with Gasteiger partial charge in [0.05, 0.1) is 6.04 Å². The molecule has 0 aliphatic heterocycles. The van der Waals surface area contributed by atoms with Crippen LogP contribution < -0.4 is 11.1 Å². The smallest absolute Gasteiger partial charge is 0.244 e. The number of hydrogen-bond acceptors (Lipinski definition) is 4. The summed E-state index contributed by atoms with van der Waals surface area (Å²) in [7, 11) is 0. The fourth-order valence-corrected chi connectivity index (χ4v) is 1.73. The summed E-state index contributed by atoms with van der Waals surface area (Å²) in [6.45, 7) is 6.27. The third kappa shape index (κ3) is 2.22. The second kappa shape index (κ2) is 3.72. The highest BCUT2D eigenvalue weighted by Crippen LogP contribution is 2.39. The molecule has 5 heteroatoms. The van der Waals surface area contributed by atoms with E-state index < -0.39 is 0 Å². The molecule has 84 valence electrons. The second-order valence-electron chi connectivity index (χ2n) is 4.62. The molecule has 0 amide bonds. The maximum atomic E-state index is 5.83. The maximum absolute atomic E-state index is 5.83. The van der Waals surface area contributed by atoms with Crippen molar-refractivity contribution in [1.29, 1.82) is 0 Å². The van der Waals surface area contributed by atoms with Crippen molar-refractivity contribution in [3.63, 3.8) is 0 Å². The van der Waals surface area contributed by atoms with E-state index in [0.29, 0.717) is 24.0 Å². The van der Waals surface area contributed by atoms with Gasteiger partial charge in [-0.15, -0.1) is 5.10 Å². The summed E-state index contributed by atoms with van der Waals surface area (Å²) in [5, 5.41) is 7.54. The van der Waals surface area contributed by atoms with Gasteiger partial charge >= 0.3 is 0 Å². The van der Waals surface area contributed by atoms with E-state index in [4.69, 9.17) is 5.73 Å². The number of aromatic nitrogens is 3. The van der Waals surface area contributed by atoms with Gasteiger partial charge < -0.3 is 11.1 Å². The van der Waals surface area contributed by atoms with E-state index >= 15 is 0 Å². The van der Waals surface area contributed by atoms with Crippen LogP contribution in [0, 0.1) is 5.92 Å². The molecule has 1 saturated carbocycles. The molecule has 1 fully saturated rings. The molecule has 1 atom stereocenters. The van der Waals surface area contributed by atoms with Crippen LogP contribution >= 0.6 is 0 Å². The lowest BCUT2D eigenvalue weighted by Gasteiger charge is -2.10. The molecule has 3 N–H and O–H groups in total. The summed E-state index contributed by atoms with van der Waals surface area (Å²) in [6.07, 6.45) is 2.57. The van der Waals surface area contributed by atoms with Crippen molar-refractivity contribution in [1.82, 2.24) is 14.8 Å².